The smallest absolute Gasteiger partial charge is 0.283 e. The Morgan fingerprint density at radius 2 is 2.15 bits per heavy atom. The molecule has 0 atom stereocenters. The van der Waals surface area contributed by atoms with Crippen molar-refractivity contribution in [3.63, 3.8) is 0 Å². The summed E-state index contributed by atoms with van der Waals surface area (Å²) in [5.74, 6) is -0.599. The van der Waals surface area contributed by atoms with E-state index in [0.717, 1.165) is 0 Å². The first-order valence-electron chi connectivity index (χ1n) is 3.70. The van der Waals surface area contributed by atoms with Crippen molar-refractivity contribution in [3.05, 3.63) is 0 Å². The van der Waals surface area contributed by atoms with E-state index in [2.05, 4.69) is 5.10 Å². The van der Waals surface area contributed by atoms with Crippen molar-refractivity contribution >= 4 is 12.0 Å². The highest BCUT2D eigenvalue weighted by Gasteiger charge is 2.20. The highest BCUT2D eigenvalue weighted by Crippen LogP contribution is 2.10. The highest BCUT2D eigenvalue weighted by molar-refractivity contribution is 5.77. The zero-order chi connectivity index (χ0) is 10.5. The molecule has 0 unspecified atom stereocenters. The van der Waals surface area contributed by atoms with Crippen LogP contribution in [-0.4, -0.2) is 29.3 Å². The average Bonchev–Trinajstić information content (AvgIpc) is 2.00. The molecule has 0 spiro atoms. The van der Waals surface area contributed by atoms with Gasteiger partial charge in [0, 0.05) is 0 Å². The fraction of sp³-hybridized carbons (Fsp3) is 0.714. The summed E-state index contributed by atoms with van der Waals surface area (Å²) < 4.78 is 0. The lowest BCUT2D eigenvalue weighted by molar-refractivity contribution is -0.226. The van der Waals surface area contributed by atoms with Crippen molar-refractivity contribution in [1.29, 1.82) is 0 Å². The van der Waals surface area contributed by atoms with E-state index in [4.69, 9.17) is 10.6 Å². The van der Waals surface area contributed by atoms with E-state index in [0.29, 0.717) is 5.17 Å². The largest absolute Gasteiger partial charge is 0.322 e. The molecule has 0 fully saturated rings. The molecule has 0 saturated carbocycles. The normalized spacial score (nSPS) is 10.5. The lowest BCUT2D eigenvalue weighted by Gasteiger charge is -2.23. The van der Waals surface area contributed by atoms with Crippen LogP contribution in [-0.2, 0) is 14.4 Å². The zero-order valence-corrected chi connectivity index (χ0v) is 7.90. The standard InChI is InChI=1S/C7H13N3O3/c1-7(2,3)13-10(9-5-11)6(12)4-8/h4,8H2,1-3H3. The van der Waals surface area contributed by atoms with Crippen LogP contribution in [0.2, 0.25) is 0 Å². The van der Waals surface area contributed by atoms with E-state index in [1.807, 2.05) is 0 Å². The minimum atomic E-state index is -0.620. The van der Waals surface area contributed by atoms with Gasteiger partial charge in [-0.15, -0.1) is 0 Å². The van der Waals surface area contributed by atoms with Gasteiger partial charge in [0.2, 0.25) is 0 Å². The summed E-state index contributed by atoms with van der Waals surface area (Å²) in [6.07, 6.45) is 1.21. The topological polar surface area (TPSA) is 85.0 Å². The monoisotopic (exact) mass is 187 g/mol. The molecule has 0 aliphatic rings. The Bertz CT molecular complexity index is 228. The maximum absolute atomic E-state index is 11.0. The third-order valence-electron chi connectivity index (χ3n) is 0.880. The molecule has 74 valence electrons. The quantitative estimate of drug-likeness (QED) is 0.375. The number of isocyanates is 1. The number of amides is 1. The Morgan fingerprint density at radius 3 is 2.46 bits per heavy atom. The molecule has 6 heteroatoms. The minimum absolute atomic E-state index is 0.277. The van der Waals surface area contributed by atoms with Gasteiger partial charge in [0.1, 0.15) is 0 Å². The van der Waals surface area contributed by atoms with Gasteiger partial charge in [-0.3, -0.25) is 4.79 Å². The Hall–Kier alpha value is -1.23. The van der Waals surface area contributed by atoms with Crippen LogP contribution in [0.4, 0.5) is 0 Å². The van der Waals surface area contributed by atoms with E-state index >= 15 is 0 Å². The molecule has 0 bridgehead atoms. The van der Waals surface area contributed by atoms with E-state index in [1.165, 1.54) is 6.08 Å². The molecule has 0 aliphatic carbocycles. The molecule has 0 aromatic rings. The van der Waals surface area contributed by atoms with Crippen LogP contribution >= 0.6 is 0 Å². The van der Waals surface area contributed by atoms with E-state index in [-0.39, 0.29) is 6.54 Å². The molecule has 2 N–H and O–H groups in total. The second kappa shape index (κ2) is 4.71. The van der Waals surface area contributed by atoms with Gasteiger partial charge in [-0.25, -0.2) is 9.63 Å². The van der Waals surface area contributed by atoms with Gasteiger partial charge in [-0.2, -0.15) is 0 Å². The number of rotatable bonds is 3. The van der Waals surface area contributed by atoms with Gasteiger partial charge in [0.05, 0.1) is 12.1 Å². The van der Waals surface area contributed by atoms with Crippen LogP contribution in [0.5, 0.6) is 0 Å². The number of carbonyl (C=O) groups excluding carboxylic acids is 2. The second-order valence-corrected chi connectivity index (χ2v) is 3.27. The van der Waals surface area contributed by atoms with Crippen LogP contribution < -0.4 is 5.73 Å². The van der Waals surface area contributed by atoms with Gasteiger partial charge in [-0.1, -0.05) is 10.3 Å². The van der Waals surface area contributed by atoms with Crippen LogP contribution in [0.3, 0.4) is 0 Å². The molecule has 0 aromatic carbocycles. The molecule has 0 radical (unpaired) electrons. The molecule has 0 rings (SSSR count). The minimum Gasteiger partial charge on any atom is -0.322 e. The zero-order valence-electron chi connectivity index (χ0n) is 7.90. The van der Waals surface area contributed by atoms with Gasteiger partial charge in [0.25, 0.3) is 12.0 Å². The number of nitrogens with zero attached hydrogens (tertiary/aromatic N) is 2. The van der Waals surface area contributed by atoms with Crippen molar-refractivity contribution in [2.45, 2.75) is 26.4 Å². The first kappa shape index (κ1) is 11.8. The Morgan fingerprint density at radius 1 is 1.62 bits per heavy atom. The summed E-state index contributed by atoms with van der Waals surface area (Å²) in [7, 11) is 0. The van der Waals surface area contributed by atoms with Crippen LogP contribution in [0, 0.1) is 0 Å². The van der Waals surface area contributed by atoms with Crippen molar-refractivity contribution in [2.75, 3.05) is 6.54 Å². The molecule has 0 heterocycles. The summed E-state index contributed by atoms with van der Waals surface area (Å²) in [6, 6.07) is 0. The molecular weight excluding hydrogens is 174 g/mol. The van der Waals surface area contributed by atoms with E-state index in [1.54, 1.807) is 20.8 Å². The summed E-state index contributed by atoms with van der Waals surface area (Å²) in [5, 5.41) is 3.60. The van der Waals surface area contributed by atoms with Crippen molar-refractivity contribution < 1.29 is 14.4 Å². The predicted octanol–water partition coefficient (Wildman–Crippen LogP) is -0.245. The molecular formula is C7H13N3O3. The maximum Gasteiger partial charge on any atom is 0.283 e. The van der Waals surface area contributed by atoms with Crippen LogP contribution in [0.1, 0.15) is 20.8 Å². The first-order chi connectivity index (χ1) is 5.90. The Labute approximate surface area is 76.3 Å². The maximum atomic E-state index is 11.0. The van der Waals surface area contributed by atoms with Crippen LogP contribution in [0.25, 0.3) is 0 Å². The summed E-state index contributed by atoms with van der Waals surface area (Å²) in [4.78, 5) is 25.9. The molecule has 0 aliphatic heterocycles. The fourth-order valence-corrected chi connectivity index (χ4v) is 0.502. The van der Waals surface area contributed by atoms with Gasteiger partial charge in [-0.05, 0) is 20.8 Å². The van der Waals surface area contributed by atoms with Gasteiger partial charge < -0.3 is 5.73 Å². The SMILES string of the molecule is CC(C)(C)ON(N=C=O)C(=O)CN. The second-order valence-electron chi connectivity index (χ2n) is 3.27. The van der Waals surface area contributed by atoms with Crippen LogP contribution in [0.15, 0.2) is 5.10 Å². The van der Waals surface area contributed by atoms with E-state index in [9.17, 15) is 9.59 Å². The number of carbonyl (C=O) groups is 1. The molecule has 6 nitrogen and oxygen atoms in total. The highest BCUT2D eigenvalue weighted by atomic mass is 16.7. The Balaban J connectivity index is 4.44. The van der Waals surface area contributed by atoms with Crippen molar-refractivity contribution in [1.82, 2.24) is 5.17 Å². The Kier molecular flexibility index (Phi) is 4.27. The molecule has 13 heavy (non-hydrogen) atoms. The predicted molar refractivity (Wildman–Crippen MR) is 44.9 cm³/mol. The number of hydrazone groups is 1. The third-order valence-corrected chi connectivity index (χ3v) is 0.880. The van der Waals surface area contributed by atoms with Crippen molar-refractivity contribution in [3.8, 4) is 0 Å². The molecule has 0 saturated heterocycles. The van der Waals surface area contributed by atoms with Gasteiger partial charge >= 0.3 is 0 Å². The lowest BCUT2D eigenvalue weighted by Crippen LogP contribution is -2.38. The molecule has 0 aromatic heterocycles. The number of nitrogens with two attached hydrogens (primary N) is 1. The number of hydrogen-bond donors (Lipinski definition) is 1. The summed E-state index contributed by atoms with van der Waals surface area (Å²) in [5.41, 5.74) is 4.44. The number of hydrogen-bond acceptors (Lipinski definition) is 5. The summed E-state index contributed by atoms with van der Waals surface area (Å²) in [6.45, 7) is 4.86. The third kappa shape index (κ3) is 5.08. The first-order valence-corrected chi connectivity index (χ1v) is 3.70. The number of hydroxylamine groups is 1. The lowest BCUT2D eigenvalue weighted by atomic mass is 10.2. The average molecular weight is 187 g/mol. The van der Waals surface area contributed by atoms with Crippen molar-refractivity contribution in [2.24, 2.45) is 10.8 Å². The summed E-state index contributed by atoms with van der Waals surface area (Å²) >= 11 is 0. The molecule has 1 amide bonds. The van der Waals surface area contributed by atoms with Gasteiger partial charge in [0.15, 0.2) is 0 Å². The van der Waals surface area contributed by atoms with E-state index < -0.39 is 11.5 Å². The fourth-order valence-electron chi connectivity index (χ4n) is 0.502.